The Labute approximate surface area is 185 Å². The van der Waals surface area contributed by atoms with Crippen molar-refractivity contribution >= 4 is 11.8 Å². The maximum atomic E-state index is 13.2. The SMILES string of the molecule is CCC(C(=O)NC1CCCC1)N(Cc1ccccc1)C(=O)CCCOc1ccccc1. The smallest absolute Gasteiger partial charge is 0.243 e. The zero-order valence-electron chi connectivity index (χ0n) is 18.5. The number of carbonyl (C=O) groups excluding carboxylic acids is 2. The molecule has 2 amide bonds. The van der Waals surface area contributed by atoms with E-state index in [1.165, 1.54) is 0 Å². The third-order valence-electron chi connectivity index (χ3n) is 5.83. The summed E-state index contributed by atoms with van der Waals surface area (Å²) in [6.45, 7) is 2.89. The first-order valence-corrected chi connectivity index (χ1v) is 11.5. The van der Waals surface area contributed by atoms with Gasteiger partial charge in [0.05, 0.1) is 6.61 Å². The van der Waals surface area contributed by atoms with Gasteiger partial charge in [-0.3, -0.25) is 9.59 Å². The van der Waals surface area contributed by atoms with E-state index in [2.05, 4.69) is 5.32 Å². The Hall–Kier alpha value is -2.82. The number of rotatable bonds is 11. The third-order valence-corrected chi connectivity index (χ3v) is 5.83. The summed E-state index contributed by atoms with van der Waals surface area (Å²) in [6.07, 6.45) is 5.95. The zero-order valence-corrected chi connectivity index (χ0v) is 18.5. The summed E-state index contributed by atoms with van der Waals surface area (Å²) >= 11 is 0. The van der Waals surface area contributed by atoms with Crippen LogP contribution in [0.1, 0.15) is 57.4 Å². The van der Waals surface area contributed by atoms with Crippen molar-refractivity contribution in [2.45, 2.75) is 70.5 Å². The Bertz CT molecular complexity index is 804. The lowest BCUT2D eigenvalue weighted by Crippen LogP contribution is -2.50. The van der Waals surface area contributed by atoms with Crippen molar-refractivity contribution in [2.75, 3.05) is 6.61 Å². The van der Waals surface area contributed by atoms with Gasteiger partial charge in [-0.05, 0) is 43.4 Å². The molecule has 0 heterocycles. The molecule has 0 spiro atoms. The van der Waals surface area contributed by atoms with Gasteiger partial charge in [-0.25, -0.2) is 0 Å². The minimum absolute atomic E-state index is 0.00561. The number of amides is 2. The number of nitrogens with one attached hydrogen (secondary N) is 1. The first-order chi connectivity index (χ1) is 15.2. The summed E-state index contributed by atoms with van der Waals surface area (Å²) in [5, 5.41) is 3.18. The van der Waals surface area contributed by atoms with Gasteiger partial charge in [0.15, 0.2) is 0 Å². The molecule has 1 fully saturated rings. The molecule has 5 nitrogen and oxygen atoms in total. The van der Waals surface area contributed by atoms with E-state index in [1.54, 1.807) is 4.90 Å². The predicted octanol–water partition coefficient (Wildman–Crippen LogP) is 4.71. The quantitative estimate of drug-likeness (QED) is 0.534. The van der Waals surface area contributed by atoms with E-state index < -0.39 is 6.04 Å². The highest BCUT2D eigenvalue weighted by molar-refractivity contribution is 5.87. The van der Waals surface area contributed by atoms with Gasteiger partial charge in [0.25, 0.3) is 0 Å². The standard InChI is InChI=1S/C26H34N2O3/c1-2-24(26(30)27-22-14-9-10-15-22)28(20-21-12-5-3-6-13-21)25(29)18-11-19-31-23-16-7-4-8-17-23/h3-8,12-13,16-17,22,24H,2,9-11,14-15,18-20H2,1H3,(H,27,30). The molecule has 5 heteroatoms. The normalized spacial score (nSPS) is 14.7. The van der Waals surface area contributed by atoms with Gasteiger partial charge in [-0.1, -0.05) is 68.3 Å². The zero-order chi connectivity index (χ0) is 21.9. The van der Waals surface area contributed by atoms with Crippen molar-refractivity contribution in [3.05, 3.63) is 66.2 Å². The van der Waals surface area contributed by atoms with Crippen molar-refractivity contribution in [3.8, 4) is 5.75 Å². The van der Waals surface area contributed by atoms with Crippen LogP contribution in [-0.4, -0.2) is 35.4 Å². The Balaban J connectivity index is 1.62. The van der Waals surface area contributed by atoms with Crippen LogP contribution in [0.25, 0.3) is 0 Å². The molecule has 0 saturated heterocycles. The Kier molecular flexibility index (Phi) is 8.95. The molecule has 3 rings (SSSR count). The highest BCUT2D eigenvalue weighted by atomic mass is 16.5. The van der Waals surface area contributed by atoms with Gasteiger partial charge >= 0.3 is 0 Å². The maximum absolute atomic E-state index is 13.2. The molecular weight excluding hydrogens is 388 g/mol. The average molecular weight is 423 g/mol. The van der Waals surface area contributed by atoms with Crippen molar-refractivity contribution in [1.82, 2.24) is 10.2 Å². The lowest BCUT2D eigenvalue weighted by Gasteiger charge is -2.31. The molecule has 1 atom stereocenters. The molecule has 1 aliphatic rings. The summed E-state index contributed by atoms with van der Waals surface area (Å²) in [6, 6.07) is 19.3. The third kappa shape index (κ3) is 7.12. The number of ether oxygens (including phenoxy) is 1. The van der Waals surface area contributed by atoms with E-state index in [-0.39, 0.29) is 17.9 Å². The Morgan fingerprint density at radius 3 is 2.32 bits per heavy atom. The van der Waals surface area contributed by atoms with E-state index in [9.17, 15) is 9.59 Å². The van der Waals surface area contributed by atoms with E-state index in [1.807, 2.05) is 67.6 Å². The van der Waals surface area contributed by atoms with E-state index >= 15 is 0 Å². The molecule has 0 aromatic heterocycles. The van der Waals surface area contributed by atoms with Crippen LogP contribution in [0.5, 0.6) is 5.75 Å². The second kappa shape index (κ2) is 12.1. The van der Waals surface area contributed by atoms with Crippen LogP contribution in [0.3, 0.4) is 0 Å². The summed E-state index contributed by atoms with van der Waals surface area (Å²) in [4.78, 5) is 28.0. The average Bonchev–Trinajstić information content (AvgIpc) is 3.31. The van der Waals surface area contributed by atoms with Crippen LogP contribution >= 0.6 is 0 Å². The predicted molar refractivity (Wildman–Crippen MR) is 123 cm³/mol. The number of hydrogen-bond donors (Lipinski definition) is 1. The minimum Gasteiger partial charge on any atom is -0.494 e. The van der Waals surface area contributed by atoms with Crippen LogP contribution in [0, 0.1) is 0 Å². The highest BCUT2D eigenvalue weighted by Crippen LogP contribution is 2.20. The Morgan fingerprint density at radius 1 is 1.03 bits per heavy atom. The lowest BCUT2D eigenvalue weighted by molar-refractivity contribution is -0.141. The number of para-hydroxylation sites is 1. The van der Waals surface area contributed by atoms with Crippen molar-refractivity contribution in [1.29, 1.82) is 0 Å². The second-order valence-electron chi connectivity index (χ2n) is 8.19. The molecular formula is C26H34N2O3. The van der Waals surface area contributed by atoms with E-state index in [4.69, 9.17) is 4.74 Å². The molecule has 1 saturated carbocycles. The number of hydrogen-bond acceptors (Lipinski definition) is 3. The van der Waals surface area contributed by atoms with Crippen LogP contribution in [0.15, 0.2) is 60.7 Å². The molecule has 1 unspecified atom stereocenters. The molecule has 31 heavy (non-hydrogen) atoms. The minimum atomic E-state index is -0.455. The Morgan fingerprint density at radius 2 is 1.68 bits per heavy atom. The van der Waals surface area contributed by atoms with Gasteiger partial charge in [-0.15, -0.1) is 0 Å². The summed E-state index contributed by atoms with van der Waals surface area (Å²) in [5.41, 5.74) is 1.03. The van der Waals surface area contributed by atoms with E-state index in [0.717, 1.165) is 37.0 Å². The van der Waals surface area contributed by atoms with Gasteiger partial charge in [0, 0.05) is 19.0 Å². The van der Waals surface area contributed by atoms with Crippen LogP contribution < -0.4 is 10.1 Å². The van der Waals surface area contributed by atoms with Gasteiger partial charge in [0.2, 0.25) is 11.8 Å². The lowest BCUT2D eigenvalue weighted by atomic mass is 10.1. The number of nitrogens with zero attached hydrogens (tertiary/aromatic N) is 1. The molecule has 1 aliphatic carbocycles. The largest absolute Gasteiger partial charge is 0.494 e. The summed E-state index contributed by atoms with van der Waals surface area (Å²) in [7, 11) is 0. The fourth-order valence-corrected chi connectivity index (χ4v) is 4.14. The first kappa shape index (κ1) is 22.9. The molecule has 166 valence electrons. The van der Waals surface area contributed by atoms with Crippen LogP contribution in [0.4, 0.5) is 0 Å². The van der Waals surface area contributed by atoms with Crippen molar-refractivity contribution in [3.63, 3.8) is 0 Å². The molecule has 1 N–H and O–H groups in total. The topological polar surface area (TPSA) is 58.6 Å². The van der Waals surface area contributed by atoms with Gasteiger partial charge in [-0.2, -0.15) is 0 Å². The van der Waals surface area contributed by atoms with Crippen molar-refractivity contribution in [2.24, 2.45) is 0 Å². The molecule has 2 aromatic carbocycles. The maximum Gasteiger partial charge on any atom is 0.243 e. The monoisotopic (exact) mass is 422 g/mol. The summed E-state index contributed by atoms with van der Waals surface area (Å²) < 4.78 is 5.73. The fraction of sp³-hybridized carbons (Fsp3) is 0.462. The molecule has 0 bridgehead atoms. The van der Waals surface area contributed by atoms with E-state index in [0.29, 0.717) is 32.4 Å². The second-order valence-corrected chi connectivity index (χ2v) is 8.19. The van der Waals surface area contributed by atoms with Crippen LogP contribution in [0.2, 0.25) is 0 Å². The molecule has 0 aliphatic heterocycles. The first-order valence-electron chi connectivity index (χ1n) is 11.5. The fourth-order valence-electron chi connectivity index (χ4n) is 4.14. The van der Waals surface area contributed by atoms with Crippen molar-refractivity contribution < 1.29 is 14.3 Å². The van der Waals surface area contributed by atoms with Crippen LogP contribution in [-0.2, 0) is 16.1 Å². The van der Waals surface area contributed by atoms with Gasteiger partial charge < -0.3 is 15.0 Å². The molecule has 0 radical (unpaired) electrons. The van der Waals surface area contributed by atoms with Gasteiger partial charge in [0.1, 0.15) is 11.8 Å². The number of carbonyl (C=O) groups is 2. The highest BCUT2D eigenvalue weighted by Gasteiger charge is 2.30. The number of benzene rings is 2. The molecule has 2 aromatic rings. The summed E-state index contributed by atoms with van der Waals surface area (Å²) in [5.74, 6) is 0.770.